The van der Waals surface area contributed by atoms with Gasteiger partial charge < -0.3 is 10.4 Å². The summed E-state index contributed by atoms with van der Waals surface area (Å²) in [5, 5.41) is 13.2. The quantitative estimate of drug-likeness (QED) is 0.586. The zero-order valence-electron chi connectivity index (χ0n) is 13.2. The SMILES string of the molecule is Cc1cc(-c2nc(Nc3ccc(S(=O)(=O)O)cc3)sc2CO)ccn1. The van der Waals surface area contributed by atoms with Crippen LogP contribution in [0.5, 0.6) is 0 Å². The average molecular weight is 377 g/mol. The van der Waals surface area contributed by atoms with Crippen LogP contribution in [0.3, 0.4) is 0 Å². The van der Waals surface area contributed by atoms with E-state index in [0.717, 1.165) is 11.3 Å². The van der Waals surface area contributed by atoms with Crippen LogP contribution in [-0.2, 0) is 16.7 Å². The maximum absolute atomic E-state index is 11.1. The fourth-order valence-corrected chi connectivity index (χ4v) is 3.61. The first-order valence-corrected chi connectivity index (χ1v) is 9.50. The third kappa shape index (κ3) is 4.02. The summed E-state index contributed by atoms with van der Waals surface area (Å²) < 4.78 is 31.1. The summed E-state index contributed by atoms with van der Waals surface area (Å²) in [4.78, 5) is 9.19. The minimum Gasteiger partial charge on any atom is -0.391 e. The first kappa shape index (κ1) is 17.5. The molecule has 3 aromatic rings. The predicted molar refractivity (Wildman–Crippen MR) is 95.5 cm³/mol. The van der Waals surface area contributed by atoms with E-state index in [1.165, 1.54) is 35.6 Å². The van der Waals surface area contributed by atoms with Gasteiger partial charge in [0.2, 0.25) is 0 Å². The minimum atomic E-state index is -4.22. The summed E-state index contributed by atoms with van der Waals surface area (Å²) in [7, 11) is -4.22. The summed E-state index contributed by atoms with van der Waals surface area (Å²) in [5.74, 6) is 0. The Morgan fingerprint density at radius 1 is 1.20 bits per heavy atom. The van der Waals surface area contributed by atoms with Crippen LogP contribution in [0.2, 0.25) is 0 Å². The molecule has 1 aromatic carbocycles. The second-order valence-electron chi connectivity index (χ2n) is 5.26. The van der Waals surface area contributed by atoms with Gasteiger partial charge in [-0.1, -0.05) is 11.3 Å². The molecule has 9 heteroatoms. The Morgan fingerprint density at radius 2 is 1.92 bits per heavy atom. The molecule has 0 aliphatic heterocycles. The Morgan fingerprint density at radius 3 is 2.52 bits per heavy atom. The van der Waals surface area contributed by atoms with Crippen LogP contribution in [0, 0.1) is 6.92 Å². The average Bonchev–Trinajstić information content (AvgIpc) is 2.97. The molecule has 3 rings (SSSR count). The number of aryl methyl sites for hydroxylation is 1. The van der Waals surface area contributed by atoms with Crippen molar-refractivity contribution in [2.75, 3.05) is 5.32 Å². The standard InChI is InChI=1S/C16H15N3O4S2/c1-10-8-11(6-7-17-10)15-14(9-20)24-16(19-15)18-12-2-4-13(5-3-12)25(21,22)23/h2-8,20H,9H2,1H3,(H,18,19)(H,21,22,23). The Hall–Kier alpha value is -2.33. The van der Waals surface area contributed by atoms with Crippen molar-refractivity contribution in [1.29, 1.82) is 0 Å². The van der Waals surface area contributed by atoms with Gasteiger partial charge in [-0.25, -0.2) is 4.98 Å². The van der Waals surface area contributed by atoms with Crippen molar-refractivity contribution < 1.29 is 18.1 Å². The molecule has 0 unspecified atom stereocenters. The summed E-state index contributed by atoms with van der Waals surface area (Å²) in [6.45, 7) is 1.74. The second-order valence-corrected chi connectivity index (χ2v) is 7.76. The number of nitrogens with zero attached hydrogens (tertiary/aromatic N) is 2. The van der Waals surface area contributed by atoms with Crippen LogP contribution in [0.25, 0.3) is 11.3 Å². The maximum atomic E-state index is 11.1. The van der Waals surface area contributed by atoms with Crippen LogP contribution in [-0.4, -0.2) is 28.0 Å². The van der Waals surface area contributed by atoms with Crippen LogP contribution >= 0.6 is 11.3 Å². The highest BCUT2D eigenvalue weighted by Crippen LogP contribution is 2.33. The van der Waals surface area contributed by atoms with Crippen molar-refractivity contribution in [3.63, 3.8) is 0 Å². The van der Waals surface area contributed by atoms with Crippen LogP contribution in [0.1, 0.15) is 10.6 Å². The van der Waals surface area contributed by atoms with E-state index in [4.69, 9.17) is 4.55 Å². The molecule has 2 aromatic heterocycles. The van der Waals surface area contributed by atoms with Crippen LogP contribution in [0.15, 0.2) is 47.5 Å². The third-order valence-electron chi connectivity index (χ3n) is 3.41. The molecule has 0 amide bonds. The highest BCUT2D eigenvalue weighted by atomic mass is 32.2. The molecule has 25 heavy (non-hydrogen) atoms. The van der Waals surface area contributed by atoms with E-state index < -0.39 is 10.1 Å². The first-order chi connectivity index (χ1) is 11.9. The van der Waals surface area contributed by atoms with Gasteiger partial charge in [-0.2, -0.15) is 8.42 Å². The molecule has 0 radical (unpaired) electrons. The summed E-state index contributed by atoms with van der Waals surface area (Å²) in [6.07, 6.45) is 1.69. The van der Waals surface area contributed by atoms with Gasteiger partial charge in [0.05, 0.1) is 22.1 Å². The monoisotopic (exact) mass is 377 g/mol. The van der Waals surface area contributed by atoms with Gasteiger partial charge in [-0.15, -0.1) is 0 Å². The topological polar surface area (TPSA) is 112 Å². The van der Waals surface area contributed by atoms with Crippen molar-refractivity contribution >= 4 is 32.3 Å². The predicted octanol–water partition coefficient (Wildman–Crippen LogP) is 3.00. The van der Waals surface area contributed by atoms with Crippen LogP contribution in [0.4, 0.5) is 10.8 Å². The van der Waals surface area contributed by atoms with Crippen LogP contribution < -0.4 is 5.32 Å². The Labute approximate surface area is 148 Å². The zero-order valence-corrected chi connectivity index (χ0v) is 14.8. The van der Waals surface area contributed by atoms with Gasteiger partial charge in [0, 0.05) is 23.1 Å². The smallest absolute Gasteiger partial charge is 0.294 e. The summed E-state index contributed by atoms with van der Waals surface area (Å²) >= 11 is 1.30. The first-order valence-electron chi connectivity index (χ1n) is 7.25. The van der Waals surface area contributed by atoms with Gasteiger partial charge in [0.25, 0.3) is 10.1 Å². The Bertz CT molecular complexity index is 998. The van der Waals surface area contributed by atoms with E-state index in [1.807, 2.05) is 19.1 Å². The lowest BCUT2D eigenvalue weighted by molar-refractivity contribution is 0.286. The number of aliphatic hydroxyl groups is 1. The lowest BCUT2D eigenvalue weighted by atomic mass is 10.1. The number of nitrogens with one attached hydrogen (secondary N) is 1. The van der Waals surface area contributed by atoms with Gasteiger partial charge in [-0.05, 0) is 43.3 Å². The van der Waals surface area contributed by atoms with E-state index >= 15 is 0 Å². The molecule has 0 aliphatic carbocycles. The largest absolute Gasteiger partial charge is 0.391 e. The normalized spacial score (nSPS) is 11.5. The Kier molecular flexibility index (Phi) is 4.82. The lowest BCUT2D eigenvalue weighted by Crippen LogP contribution is -1.98. The lowest BCUT2D eigenvalue weighted by Gasteiger charge is -2.03. The number of thiazole rings is 1. The van der Waals surface area contributed by atoms with Crippen molar-refractivity contribution in [2.45, 2.75) is 18.4 Å². The number of pyridine rings is 1. The van der Waals surface area contributed by atoms with Crippen molar-refractivity contribution in [3.8, 4) is 11.3 Å². The van der Waals surface area contributed by atoms with E-state index in [9.17, 15) is 13.5 Å². The molecule has 0 saturated carbocycles. The molecule has 0 atom stereocenters. The molecule has 130 valence electrons. The third-order valence-corrected chi connectivity index (χ3v) is 5.24. The molecule has 2 heterocycles. The van der Waals surface area contributed by atoms with E-state index in [1.54, 1.807) is 6.20 Å². The van der Waals surface area contributed by atoms with E-state index in [-0.39, 0.29) is 11.5 Å². The fraction of sp³-hybridized carbons (Fsp3) is 0.125. The second kappa shape index (κ2) is 6.89. The number of aromatic nitrogens is 2. The number of aliphatic hydroxyl groups excluding tert-OH is 1. The molecule has 0 fully saturated rings. The molecular formula is C16H15N3O4S2. The number of anilines is 2. The molecule has 0 spiro atoms. The maximum Gasteiger partial charge on any atom is 0.294 e. The van der Waals surface area contributed by atoms with Crippen molar-refractivity contribution in [3.05, 3.63) is 53.2 Å². The zero-order chi connectivity index (χ0) is 18.0. The van der Waals surface area contributed by atoms with Gasteiger partial charge in [0.1, 0.15) is 0 Å². The minimum absolute atomic E-state index is 0.141. The molecule has 7 nitrogen and oxygen atoms in total. The number of rotatable bonds is 5. The Balaban J connectivity index is 1.89. The van der Waals surface area contributed by atoms with Gasteiger partial charge in [-0.3, -0.25) is 9.54 Å². The number of benzene rings is 1. The van der Waals surface area contributed by atoms with Crippen molar-refractivity contribution in [1.82, 2.24) is 9.97 Å². The molecule has 0 aliphatic rings. The van der Waals surface area contributed by atoms with Crippen molar-refractivity contribution in [2.24, 2.45) is 0 Å². The summed E-state index contributed by atoms with van der Waals surface area (Å²) in [5.41, 5.74) is 3.01. The molecule has 0 saturated heterocycles. The molecule has 0 bridgehead atoms. The molecule has 3 N–H and O–H groups in total. The fourth-order valence-electron chi connectivity index (χ4n) is 2.26. The number of hydrogen-bond acceptors (Lipinski definition) is 7. The summed E-state index contributed by atoms with van der Waals surface area (Å²) in [6, 6.07) is 9.36. The van der Waals surface area contributed by atoms with Gasteiger partial charge >= 0.3 is 0 Å². The number of hydrogen-bond donors (Lipinski definition) is 3. The van der Waals surface area contributed by atoms with E-state index in [2.05, 4.69) is 15.3 Å². The molecular weight excluding hydrogens is 362 g/mol. The highest BCUT2D eigenvalue weighted by molar-refractivity contribution is 7.85. The van der Waals surface area contributed by atoms with E-state index in [0.29, 0.717) is 21.4 Å². The highest BCUT2D eigenvalue weighted by Gasteiger charge is 2.14. The van der Waals surface area contributed by atoms with Gasteiger partial charge in [0.15, 0.2) is 5.13 Å².